The van der Waals surface area contributed by atoms with Gasteiger partial charge < -0.3 is 10.2 Å². The summed E-state index contributed by atoms with van der Waals surface area (Å²) in [6.07, 6.45) is -3.66. The van der Waals surface area contributed by atoms with E-state index in [9.17, 15) is 22.8 Å². The number of piperidine rings is 1. The number of alkyl halides is 3. The smallest absolute Gasteiger partial charge is 0.347 e. The first-order chi connectivity index (χ1) is 11.2. The Kier molecular flexibility index (Phi) is 5.51. The van der Waals surface area contributed by atoms with Gasteiger partial charge in [0.2, 0.25) is 5.91 Å². The second-order valence-electron chi connectivity index (χ2n) is 6.28. The molecule has 0 spiro atoms. The summed E-state index contributed by atoms with van der Waals surface area (Å²) in [4.78, 5) is 25.9. The number of rotatable bonds is 3. The Hall–Kier alpha value is -2.05. The first kappa shape index (κ1) is 18.3. The highest BCUT2D eigenvalue weighted by Gasteiger charge is 2.32. The van der Waals surface area contributed by atoms with Crippen molar-refractivity contribution in [2.24, 2.45) is 5.92 Å². The van der Waals surface area contributed by atoms with Crippen molar-refractivity contribution < 1.29 is 22.8 Å². The lowest BCUT2D eigenvalue weighted by atomic mass is 9.95. The van der Waals surface area contributed by atoms with Gasteiger partial charge in [0, 0.05) is 24.6 Å². The molecule has 1 aromatic carbocycles. The number of hydrogen-bond donors (Lipinski definition) is 1. The van der Waals surface area contributed by atoms with Crippen LogP contribution in [0.15, 0.2) is 18.2 Å². The maximum absolute atomic E-state index is 12.5. The summed E-state index contributed by atoms with van der Waals surface area (Å²) in [6.45, 7) is 3.27. The SMILES string of the molecule is Cc1cc(C)cc(C(=O)N2CCC(C(=O)NCC(F)(F)F)CC2)c1. The van der Waals surface area contributed by atoms with Crippen LogP contribution in [0.25, 0.3) is 0 Å². The Morgan fingerprint density at radius 2 is 1.67 bits per heavy atom. The van der Waals surface area contributed by atoms with E-state index in [0.29, 0.717) is 31.5 Å². The molecule has 0 aliphatic carbocycles. The van der Waals surface area contributed by atoms with Gasteiger partial charge in [-0.1, -0.05) is 17.2 Å². The third-order valence-electron chi connectivity index (χ3n) is 4.08. The van der Waals surface area contributed by atoms with Crippen LogP contribution < -0.4 is 5.32 Å². The van der Waals surface area contributed by atoms with Crippen molar-refractivity contribution in [1.82, 2.24) is 10.2 Å². The van der Waals surface area contributed by atoms with Gasteiger partial charge in [0.1, 0.15) is 6.54 Å². The van der Waals surface area contributed by atoms with Crippen LogP contribution in [0, 0.1) is 19.8 Å². The number of hydrogen-bond acceptors (Lipinski definition) is 2. The molecule has 1 N–H and O–H groups in total. The van der Waals surface area contributed by atoms with E-state index in [1.807, 2.05) is 37.4 Å². The normalized spacial score (nSPS) is 16.1. The van der Waals surface area contributed by atoms with E-state index >= 15 is 0 Å². The molecule has 1 heterocycles. The number of nitrogens with zero attached hydrogens (tertiary/aromatic N) is 1. The molecule has 7 heteroatoms. The molecule has 2 amide bonds. The average molecular weight is 342 g/mol. The van der Waals surface area contributed by atoms with E-state index < -0.39 is 24.5 Å². The van der Waals surface area contributed by atoms with E-state index in [2.05, 4.69) is 0 Å². The quantitative estimate of drug-likeness (QED) is 0.918. The standard InChI is InChI=1S/C17H21F3N2O2/c1-11-7-12(2)9-14(8-11)16(24)22-5-3-13(4-6-22)15(23)21-10-17(18,19)20/h7-9,13H,3-6,10H2,1-2H3,(H,21,23). The zero-order chi connectivity index (χ0) is 17.9. The molecule has 1 fully saturated rings. The lowest BCUT2D eigenvalue weighted by Crippen LogP contribution is -2.44. The van der Waals surface area contributed by atoms with Gasteiger partial charge in [0.05, 0.1) is 0 Å². The van der Waals surface area contributed by atoms with Crippen LogP contribution in [0.1, 0.15) is 34.3 Å². The van der Waals surface area contributed by atoms with E-state index in [4.69, 9.17) is 0 Å². The van der Waals surface area contributed by atoms with Crippen molar-refractivity contribution in [3.05, 3.63) is 34.9 Å². The van der Waals surface area contributed by atoms with Crippen molar-refractivity contribution in [2.75, 3.05) is 19.6 Å². The van der Waals surface area contributed by atoms with Crippen molar-refractivity contribution in [3.63, 3.8) is 0 Å². The lowest BCUT2D eigenvalue weighted by Gasteiger charge is -2.31. The highest BCUT2D eigenvalue weighted by molar-refractivity contribution is 5.94. The number of carbonyl (C=O) groups is 2. The van der Waals surface area contributed by atoms with Gasteiger partial charge >= 0.3 is 6.18 Å². The second-order valence-corrected chi connectivity index (χ2v) is 6.28. The molecular formula is C17H21F3N2O2. The highest BCUT2D eigenvalue weighted by atomic mass is 19.4. The number of likely N-dealkylation sites (tertiary alicyclic amines) is 1. The molecule has 1 aliphatic rings. The fourth-order valence-electron chi connectivity index (χ4n) is 2.96. The van der Waals surface area contributed by atoms with Crippen LogP contribution in [-0.4, -0.2) is 42.5 Å². The van der Waals surface area contributed by atoms with E-state index in [1.165, 1.54) is 0 Å². The van der Waals surface area contributed by atoms with Gasteiger partial charge in [-0.05, 0) is 38.8 Å². The number of halogens is 3. The molecule has 0 saturated carbocycles. The molecule has 132 valence electrons. The maximum atomic E-state index is 12.5. The van der Waals surface area contributed by atoms with Gasteiger partial charge in [0.15, 0.2) is 0 Å². The predicted molar refractivity (Wildman–Crippen MR) is 83.6 cm³/mol. The second kappa shape index (κ2) is 7.23. The van der Waals surface area contributed by atoms with Gasteiger partial charge in [0.25, 0.3) is 5.91 Å². The van der Waals surface area contributed by atoms with Crippen LogP contribution >= 0.6 is 0 Å². The lowest BCUT2D eigenvalue weighted by molar-refractivity contribution is -0.141. The molecule has 2 rings (SSSR count). The van der Waals surface area contributed by atoms with Gasteiger partial charge in [-0.25, -0.2) is 0 Å². The Labute approximate surface area is 139 Å². The van der Waals surface area contributed by atoms with Crippen molar-refractivity contribution in [2.45, 2.75) is 32.9 Å². The average Bonchev–Trinajstić information content (AvgIpc) is 2.50. The maximum Gasteiger partial charge on any atom is 0.405 e. The largest absolute Gasteiger partial charge is 0.405 e. The predicted octanol–water partition coefficient (Wildman–Crippen LogP) is 2.83. The molecule has 24 heavy (non-hydrogen) atoms. The van der Waals surface area contributed by atoms with Crippen LogP contribution in [0.2, 0.25) is 0 Å². The molecule has 0 atom stereocenters. The van der Waals surface area contributed by atoms with E-state index in [0.717, 1.165) is 11.1 Å². The van der Waals surface area contributed by atoms with Crippen LogP contribution in [0.4, 0.5) is 13.2 Å². The molecule has 0 bridgehead atoms. The third-order valence-corrected chi connectivity index (χ3v) is 4.08. The molecule has 1 aliphatic heterocycles. The fraction of sp³-hybridized carbons (Fsp3) is 0.529. The Bertz CT molecular complexity index is 601. The summed E-state index contributed by atoms with van der Waals surface area (Å²) in [5, 5.41) is 1.92. The van der Waals surface area contributed by atoms with E-state index in [1.54, 1.807) is 4.90 Å². The highest BCUT2D eigenvalue weighted by Crippen LogP contribution is 2.21. The minimum atomic E-state index is -4.41. The fourth-order valence-corrected chi connectivity index (χ4v) is 2.96. The molecule has 1 aromatic rings. The monoisotopic (exact) mass is 342 g/mol. The number of nitrogens with one attached hydrogen (secondary N) is 1. The topological polar surface area (TPSA) is 49.4 Å². The molecule has 0 radical (unpaired) electrons. The van der Waals surface area contributed by atoms with Gasteiger partial charge in [-0.2, -0.15) is 13.2 Å². The van der Waals surface area contributed by atoms with Crippen molar-refractivity contribution in [1.29, 1.82) is 0 Å². The molecule has 1 saturated heterocycles. The zero-order valence-electron chi connectivity index (χ0n) is 13.7. The molecule has 0 unspecified atom stereocenters. The summed E-state index contributed by atoms with van der Waals surface area (Å²) in [5.74, 6) is -1.17. The summed E-state index contributed by atoms with van der Waals surface area (Å²) in [5.41, 5.74) is 2.60. The Balaban J connectivity index is 1.90. The first-order valence-corrected chi connectivity index (χ1v) is 7.88. The Morgan fingerprint density at radius 1 is 1.12 bits per heavy atom. The number of benzene rings is 1. The number of aryl methyl sites for hydroxylation is 2. The minimum Gasteiger partial charge on any atom is -0.347 e. The molecule has 0 aromatic heterocycles. The summed E-state index contributed by atoms with van der Waals surface area (Å²) >= 11 is 0. The Morgan fingerprint density at radius 3 is 2.17 bits per heavy atom. The van der Waals surface area contributed by atoms with Crippen molar-refractivity contribution >= 4 is 11.8 Å². The van der Waals surface area contributed by atoms with Crippen LogP contribution in [0.5, 0.6) is 0 Å². The summed E-state index contributed by atoms with van der Waals surface area (Å²) in [7, 11) is 0. The number of amides is 2. The van der Waals surface area contributed by atoms with Gasteiger partial charge in [-0.3, -0.25) is 9.59 Å². The van der Waals surface area contributed by atoms with Crippen LogP contribution in [0.3, 0.4) is 0 Å². The molecule has 4 nitrogen and oxygen atoms in total. The van der Waals surface area contributed by atoms with Crippen LogP contribution in [-0.2, 0) is 4.79 Å². The zero-order valence-corrected chi connectivity index (χ0v) is 13.7. The number of carbonyl (C=O) groups excluding carboxylic acids is 2. The molecular weight excluding hydrogens is 321 g/mol. The van der Waals surface area contributed by atoms with Crippen molar-refractivity contribution in [3.8, 4) is 0 Å². The van der Waals surface area contributed by atoms with E-state index in [-0.39, 0.29) is 5.91 Å². The van der Waals surface area contributed by atoms with Gasteiger partial charge in [-0.15, -0.1) is 0 Å². The summed E-state index contributed by atoms with van der Waals surface area (Å²) in [6, 6.07) is 5.61. The first-order valence-electron chi connectivity index (χ1n) is 7.88. The third kappa shape index (κ3) is 4.97. The summed E-state index contributed by atoms with van der Waals surface area (Å²) < 4.78 is 36.4. The minimum absolute atomic E-state index is 0.101.